The lowest BCUT2D eigenvalue weighted by molar-refractivity contribution is 0.821. The Bertz CT molecular complexity index is 558. The number of rotatable bonds is 3. The van der Waals surface area contributed by atoms with E-state index >= 15 is 0 Å². The Balaban J connectivity index is 2.12. The molecule has 0 aromatic carbocycles. The number of aromatic nitrogens is 2. The molecular formula is C13H18N6. The van der Waals surface area contributed by atoms with Crippen LogP contribution < -0.4 is 11.5 Å². The fourth-order valence-electron chi connectivity index (χ4n) is 2.01. The molecule has 2 heterocycles. The molecule has 0 aliphatic carbocycles. The Hall–Kier alpha value is -2.08. The fraction of sp³-hybridized carbons (Fsp3) is 0.385. The quantitative estimate of drug-likeness (QED) is 0.833. The van der Waals surface area contributed by atoms with Gasteiger partial charge in [0.15, 0.2) is 0 Å². The minimum atomic E-state index is -0.416. The van der Waals surface area contributed by atoms with Crippen LogP contribution in [0.1, 0.15) is 24.7 Å². The molecule has 1 aromatic heterocycles. The zero-order valence-corrected chi connectivity index (χ0v) is 11.2. The predicted octanol–water partition coefficient (Wildman–Crippen LogP) is 0.718. The average Bonchev–Trinajstić information content (AvgIpc) is 2.36. The van der Waals surface area contributed by atoms with E-state index in [4.69, 9.17) is 11.5 Å². The van der Waals surface area contributed by atoms with Gasteiger partial charge in [-0.1, -0.05) is 0 Å². The molecule has 0 bridgehead atoms. The van der Waals surface area contributed by atoms with E-state index < -0.39 is 6.17 Å². The molecule has 0 saturated heterocycles. The molecule has 100 valence electrons. The van der Waals surface area contributed by atoms with Gasteiger partial charge in [-0.25, -0.2) is 9.98 Å². The highest BCUT2D eigenvalue weighted by Gasteiger charge is 2.19. The van der Waals surface area contributed by atoms with Crippen LogP contribution in [0.3, 0.4) is 0 Å². The lowest BCUT2D eigenvalue weighted by Crippen LogP contribution is -2.31. The van der Waals surface area contributed by atoms with Crippen molar-refractivity contribution in [2.45, 2.75) is 32.9 Å². The maximum absolute atomic E-state index is 5.92. The van der Waals surface area contributed by atoms with Crippen LogP contribution >= 0.6 is 0 Å². The van der Waals surface area contributed by atoms with Crippen molar-refractivity contribution in [1.29, 1.82) is 0 Å². The van der Waals surface area contributed by atoms with Gasteiger partial charge in [-0.05, 0) is 26.7 Å². The van der Waals surface area contributed by atoms with Gasteiger partial charge in [0.05, 0.1) is 17.1 Å². The van der Waals surface area contributed by atoms with Crippen molar-refractivity contribution < 1.29 is 0 Å². The van der Waals surface area contributed by atoms with Crippen molar-refractivity contribution in [3.8, 4) is 0 Å². The maximum atomic E-state index is 5.92. The Kier molecular flexibility index (Phi) is 4.01. The van der Waals surface area contributed by atoms with E-state index in [0.717, 1.165) is 35.5 Å². The lowest BCUT2D eigenvalue weighted by Gasteiger charge is -2.19. The molecule has 1 aliphatic heterocycles. The summed E-state index contributed by atoms with van der Waals surface area (Å²) in [6.07, 6.45) is 6.05. The van der Waals surface area contributed by atoms with E-state index in [9.17, 15) is 0 Å². The van der Waals surface area contributed by atoms with Crippen LogP contribution in [0.15, 0.2) is 34.2 Å². The standard InChI is InChI=1S/C13H18N6/c1-8-6-16-7-10(17-8)3-4-12-11(5-14)13(15)19-9(2)18-12/h5-7,13H,3-4,14-15H2,1-2H3. The highest BCUT2D eigenvalue weighted by molar-refractivity contribution is 6.09. The van der Waals surface area contributed by atoms with Crippen LogP contribution in [0.5, 0.6) is 0 Å². The highest BCUT2D eigenvalue weighted by Crippen LogP contribution is 2.14. The normalized spacial score (nSPS) is 21.2. The van der Waals surface area contributed by atoms with Crippen molar-refractivity contribution in [3.63, 3.8) is 0 Å². The summed E-state index contributed by atoms with van der Waals surface area (Å²) in [5.74, 6) is 0.684. The van der Waals surface area contributed by atoms with Gasteiger partial charge in [0.25, 0.3) is 0 Å². The van der Waals surface area contributed by atoms with Gasteiger partial charge in [0.1, 0.15) is 12.0 Å². The summed E-state index contributed by atoms with van der Waals surface area (Å²) in [5.41, 5.74) is 15.0. The van der Waals surface area contributed by atoms with Crippen LogP contribution in [0.25, 0.3) is 0 Å². The number of nitrogens with two attached hydrogens (primary N) is 2. The molecule has 4 N–H and O–H groups in total. The number of aliphatic imine (C=N–C) groups is 2. The Morgan fingerprint density at radius 3 is 2.74 bits per heavy atom. The zero-order valence-electron chi connectivity index (χ0n) is 11.2. The molecule has 19 heavy (non-hydrogen) atoms. The number of amidine groups is 1. The number of hydrogen-bond acceptors (Lipinski definition) is 6. The molecule has 0 radical (unpaired) electrons. The highest BCUT2D eigenvalue weighted by atomic mass is 15.0. The van der Waals surface area contributed by atoms with Gasteiger partial charge in [0.2, 0.25) is 0 Å². The average molecular weight is 258 g/mol. The van der Waals surface area contributed by atoms with Crippen LogP contribution in [-0.2, 0) is 6.42 Å². The van der Waals surface area contributed by atoms with Gasteiger partial charge in [0, 0.05) is 24.2 Å². The van der Waals surface area contributed by atoms with E-state index in [-0.39, 0.29) is 0 Å². The van der Waals surface area contributed by atoms with E-state index in [1.165, 1.54) is 6.20 Å². The molecule has 1 atom stereocenters. The monoisotopic (exact) mass is 258 g/mol. The molecule has 1 unspecified atom stereocenters. The Morgan fingerprint density at radius 2 is 2.05 bits per heavy atom. The van der Waals surface area contributed by atoms with Gasteiger partial charge in [-0.15, -0.1) is 0 Å². The van der Waals surface area contributed by atoms with E-state index in [1.54, 1.807) is 12.4 Å². The van der Waals surface area contributed by atoms with Crippen LogP contribution in [0.2, 0.25) is 0 Å². The summed E-state index contributed by atoms with van der Waals surface area (Å²) in [4.78, 5) is 17.1. The number of nitrogens with zero attached hydrogens (tertiary/aromatic N) is 4. The molecule has 1 aromatic rings. The smallest absolute Gasteiger partial charge is 0.128 e. The Labute approximate surface area is 112 Å². The summed E-state index contributed by atoms with van der Waals surface area (Å²) < 4.78 is 0. The first-order chi connectivity index (χ1) is 9.10. The molecule has 0 saturated carbocycles. The molecule has 0 amide bonds. The second-order valence-electron chi connectivity index (χ2n) is 4.45. The lowest BCUT2D eigenvalue weighted by atomic mass is 10.0. The van der Waals surface area contributed by atoms with Gasteiger partial charge in [-0.2, -0.15) is 0 Å². The molecule has 6 nitrogen and oxygen atoms in total. The first-order valence-electron chi connectivity index (χ1n) is 6.17. The molecule has 0 spiro atoms. The third kappa shape index (κ3) is 3.23. The van der Waals surface area contributed by atoms with E-state index in [0.29, 0.717) is 5.84 Å². The largest absolute Gasteiger partial charge is 0.404 e. The summed E-state index contributed by atoms with van der Waals surface area (Å²) in [7, 11) is 0. The first kappa shape index (κ1) is 13.4. The zero-order chi connectivity index (χ0) is 13.8. The van der Waals surface area contributed by atoms with Gasteiger partial charge < -0.3 is 11.5 Å². The van der Waals surface area contributed by atoms with Crippen LogP contribution in [0.4, 0.5) is 0 Å². The van der Waals surface area contributed by atoms with Gasteiger partial charge in [-0.3, -0.25) is 9.97 Å². The number of hydrogen-bond donors (Lipinski definition) is 2. The molecule has 2 rings (SSSR count). The van der Waals surface area contributed by atoms with Gasteiger partial charge >= 0.3 is 0 Å². The van der Waals surface area contributed by atoms with E-state index in [2.05, 4.69) is 20.0 Å². The third-order valence-corrected chi connectivity index (χ3v) is 2.88. The Morgan fingerprint density at radius 1 is 1.26 bits per heavy atom. The topological polar surface area (TPSA) is 103 Å². The summed E-state index contributed by atoms with van der Waals surface area (Å²) in [6, 6.07) is 0. The van der Waals surface area contributed by atoms with Crippen molar-refractivity contribution in [3.05, 3.63) is 35.6 Å². The van der Waals surface area contributed by atoms with Crippen molar-refractivity contribution >= 4 is 11.5 Å². The second-order valence-corrected chi connectivity index (χ2v) is 4.45. The summed E-state index contributed by atoms with van der Waals surface area (Å²) in [6.45, 7) is 3.76. The van der Waals surface area contributed by atoms with E-state index in [1.807, 2.05) is 13.8 Å². The van der Waals surface area contributed by atoms with Crippen molar-refractivity contribution in [2.24, 2.45) is 21.5 Å². The molecular weight excluding hydrogens is 240 g/mol. The first-order valence-corrected chi connectivity index (χ1v) is 6.17. The molecule has 0 fully saturated rings. The minimum absolute atomic E-state index is 0.416. The van der Waals surface area contributed by atoms with Crippen molar-refractivity contribution in [2.75, 3.05) is 0 Å². The maximum Gasteiger partial charge on any atom is 0.128 e. The van der Waals surface area contributed by atoms with Crippen molar-refractivity contribution in [1.82, 2.24) is 9.97 Å². The third-order valence-electron chi connectivity index (χ3n) is 2.88. The van der Waals surface area contributed by atoms with Crippen LogP contribution in [0, 0.1) is 6.92 Å². The molecule has 1 aliphatic rings. The summed E-state index contributed by atoms with van der Waals surface area (Å²) in [5, 5.41) is 0. The second kappa shape index (κ2) is 5.71. The minimum Gasteiger partial charge on any atom is -0.404 e. The predicted molar refractivity (Wildman–Crippen MR) is 75.9 cm³/mol. The summed E-state index contributed by atoms with van der Waals surface area (Å²) >= 11 is 0. The fourth-order valence-corrected chi connectivity index (χ4v) is 2.01. The number of aryl methyl sites for hydroxylation is 2. The van der Waals surface area contributed by atoms with Crippen LogP contribution in [-0.4, -0.2) is 27.7 Å². The molecule has 6 heteroatoms. The SMILES string of the molecule is CC1=NC(N)C(=CN)C(CCc2cncc(C)n2)=N1.